The number of aromatic nitrogens is 2. The molecule has 0 unspecified atom stereocenters. The van der Waals surface area contributed by atoms with Gasteiger partial charge in [-0.3, -0.25) is 4.79 Å². The van der Waals surface area contributed by atoms with E-state index >= 15 is 0 Å². The first-order valence-electron chi connectivity index (χ1n) is 11.2. The maximum atomic E-state index is 11.7. The van der Waals surface area contributed by atoms with E-state index in [0.717, 1.165) is 18.8 Å². The Labute approximate surface area is 214 Å². The highest BCUT2D eigenvalue weighted by Crippen LogP contribution is 2.35. The number of morpholine rings is 1. The van der Waals surface area contributed by atoms with Crippen LogP contribution in [0, 0.1) is 0 Å². The van der Waals surface area contributed by atoms with Crippen molar-refractivity contribution in [2.24, 2.45) is 0 Å². The molecule has 1 aliphatic heterocycles. The van der Waals surface area contributed by atoms with Crippen LogP contribution in [0.5, 0.6) is 11.5 Å². The van der Waals surface area contributed by atoms with Crippen molar-refractivity contribution in [2.75, 3.05) is 61.4 Å². The van der Waals surface area contributed by atoms with Crippen molar-refractivity contribution >= 4 is 52.0 Å². The molecule has 0 bridgehead atoms. The van der Waals surface area contributed by atoms with Gasteiger partial charge in [0.25, 0.3) is 0 Å². The smallest absolute Gasteiger partial charge is 0.247 e. The number of hydrogen-bond acceptors (Lipinski definition) is 9. The number of carbonyl (C=O) groups excluding carboxylic acids is 1. The van der Waals surface area contributed by atoms with Crippen LogP contribution >= 0.6 is 11.6 Å². The molecular weight excluding hydrogens is 484 g/mol. The number of hydrogen-bond donors (Lipinski definition) is 3. The fraction of sp³-hybridized carbons (Fsp3) is 0.240. The molecule has 2 aromatic carbocycles. The number of nitrogens with zero attached hydrogens (tertiary/aromatic N) is 3. The maximum absolute atomic E-state index is 11.7. The standard InChI is InChI=1S/C25H27ClN6O4/c1-4-23(33)28-16-5-8-21(34-2)20(13-16)30-25-27-15-18(26)24(31-25)29-19-7-6-17(14-22(19)35-3)32-9-11-36-12-10-32/h4-8,13-15H,1,9-12H2,2-3H3,(H,28,33)(H2,27,29,30,31). The lowest BCUT2D eigenvalue weighted by molar-refractivity contribution is -0.111. The summed E-state index contributed by atoms with van der Waals surface area (Å²) in [6.45, 7) is 6.51. The highest BCUT2D eigenvalue weighted by Gasteiger charge is 2.16. The molecule has 4 rings (SSSR count). The number of carbonyl (C=O) groups is 1. The van der Waals surface area contributed by atoms with Gasteiger partial charge in [0, 0.05) is 30.5 Å². The van der Waals surface area contributed by atoms with Crippen LogP contribution in [0.15, 0.2) is 55.3 Å². The molecule has 0 atom stereocenters. The van der Waals surface area contributed by atoms with Gasteiger partial charge < -0.3 is 35.1 Å². The average molecular weight is 511 g/mol. The zero-order valence-electron chi connectivity index (χ0n) is 20.0. The minimum Gasteiger partial charge on any atom is -0.495 e. The summed E-state index contributed by atoms with van der Waals surface area (Å²) in [5, 5.41) is 9.39. The van der Waals surface area contributed by atoms with Gasteiger partial charge in [0.1, 0.15) is 16.5 Å². The number of nitrogens with one attached hydrogen (secondary N) is 3. The lowest BCUT2D eigenvalue weighted by Gasteiger charge is -2.29. The third-order valence-electron chi connectivity index (χ3n) is 5.46. The Kier molecular flexibility index (Phi) is 8.09. The summed E-state index contributed by atoms with van der Waals surface area (Å²) >= 11 is 6.39. The molecule has 0 saturated carbocycles. The summed E-state index contributed by atoms with van der Waals surface area (Å²) in [6.07, 6.45) is 2.68. The van der Waals surface area contributed by atoms with Gasteiger partial charge in [0.2, 0.25) is 11.9 Å². The molecule has 0 spiro atoms. The van der Waals surface area contributed by atoms with Crippen LogP contribution in [-0.2, 0) is 9.53 Å². The monoisotopic (exact) mass is 510 g/mol. The summed E-state index contributed by atoms with van der Waals surface area (Å²) in [5.41, 5.74) is 2.86. The van der Waals surface area contributed by atoms with E-state index in [2.05, 4.69) is 37.4 Å². The molecule has 1 fully saturated rings. The number of benzene rings is 2. The summed E-state index contributed by atoms with van der Waals surface area (Å²) in [6, 6.07) is 11.0. The second kappa shape index (κ2) is 11.6. The molecule has 3 N–H and O–H groups in total. The number of amides is 1. The number of rotatable bonds is 9. The molecule has 1 aromatic heterocycles. The zero-order valence-corrected chi connectivity index (χ0v) is 20.8. The lowest BCUT2D eigenvalue weighted by atomic mass is 10.2. The molecule has 3 aromatic rings. The molecule has 188 valence electrons. The number of methoxy groups -OCH3 is 2. The quantitative estimate of drug-likeness (QED) is 0.356. The molecular formula is C25H27ClN6O4. The Hall–Kier alpha value is -4.02. The number of anilines is 6. The van der Waals surface area contributed by atoms with E-state index in [9.17, 15) is 4.79 Å². The van der Waals surface area contributed by atoms with Crippen LogP contribution in [0.3, 0.4) is 0 Å². The van der Waals surface area contributed by atoms with E-state index in [1.165, 1.54) is 12.3 Å². The molecule has 0 radical (unpaired) electrons. The van der Waals surface area contributed by atoms with Gasteiger partial charge in [-0.15, -0.1) is 0 Å². The predicted octanol–water partition coefficient (Wildman–Crippen LogP) is 4.60. The third kappa shape index (κ3) is 5.96. The van der Waals surface area contributed by atoms with E-state index in [1.807, 2.05) is 18.2 Å². The molecule has 2 heterocycles. The van der Waals surface area contributed by atoms with Crippen molar-refractivity contribution in [2.45, 2.75) is 0 Å². The summed E-state index contributed by atoms with van der Waals surface area (Å²) in [4.78, 5) is 22.7. The highest BCUT2D eigenvalue weighted by atomic mass is 35.5. The van der Waals surface area contributed by atoms with E-state index in [1.54, 1.807) is 32.4 Å². The molecule has 36 heavy (non-hydrogen) atoms. The average Bonchev–Trinajstić information content (AvgIpc) is 2.91. The van der Waals surface area contributed by atoms with E-state index in [-0.39, 0.29) is 11.9 Å². The van der Waals surface area contributed by atoms with Gasteiger partial charge in [-0.25, -0.2) is 4.98 Å². The van der Waals surface area contributed by atoms with E-state index in [0.29, 0.717) is 52.6 Å². The van der Waals surface area contributed by atoms with E-state index in [4.69, 9.17) is 25.8 Å². The van der Waals surface area contributed by atoms with Crippen molar-refractivity contribution in [3.8, 4) is 11.5 Å². The fourth-order valence-corrected chi connectivity index (χ4v) is 3.78. The third-order valence-corrected chi connectivity index (χ3v) is 5.73. The summed E-state index contributed by atoms with van der Waals surface area (Å²) in [5.74, 6) is 1.53. The van der Waals surface area contributed by atoms with Crippen LogP contribution in [0.2, 0.25) is 5.02 Å². The first-order chi connectivity index (χ1) is 17.5. The molecule has 1 aliphatic rings. The maximum Gasteiger partial charge on any atom is 0.247 e. The fourth-order valence-electron chi connectivity index (χ4n) is 3.64. The lowest BCUT2D eigenvalue weighted by Crippen LogP contribution is -2.36. The van der Waals surface area contributed by atoms with E-state index < -0.39 is 0 Å². The zero-order chi connectivity index (χ0) is 25.5. The largest absolute Gasteiger partial charge is 0.495 e. The van der Waals surface area contributed by atoms with Gasteiger partial charge in [0.05, 0.1) is 45.0 Å². The van der Waals surface area contributed by atoms with Gasteiger partial charge in [-0.2, -0.15) is 4.98 Å². The molecule has 11 heteroatoms. The molecule has 10 nitrogen and oxygen atoms in total. The van der Waals surface area contributed by atoms with Crippen molar-refractivity contribution in [3.63, 3.8) is 0 Å². The van der Waals surface area contributed by atoms with Crippen molar-refractivity contribution in [3.05, 3.63) is 60.3 Å². The minimum absolute atomic E-state index is 0.274. The molecule has 1 amide bonds. The summed E-state index contributed by atoms with van der Waals surface area (Å²) < 4.78 is 16.5. The van der Waals surface area contributed by atoms with Crippen LogP contribution in [-0.4, -0.2) is 56.4 Å². The normalized spacial score (nSPS) is 13.0. The Bertz CT molecular complexity index is 1250. The van der Waals surface area contributed by atoms with Crippen LogP contribution in [0.1, 0.15) is 0 Å². The summed E-state index contributed by atoms with van der Waals surface area (Å²) in [7, 11) is 3.16. The van der Waals surface area contributed by atoms with Gasteiger partial charge in [0.15, 0.2) is 5.82 Å². The van der Waals surface area contributed by atoms with Gasteiger partial charge >= 0.3 is 0 Å². The van der Waals surface area contributed by atoms with Crippen LogP contribution < -0.4 is 30.3 Å². The highest BCUT2D eigenvalue weighted by molar-refractivity contribution is 6.33. The van der Waals surface area contributed by atoms with Gasteiger partial charge in [-0.1, -0.05) is 18.2 Å². The Morgan fingerprint density at radius 2 is 1.86 bits per heavy atom. The molecule has 0 aliphatic carbocycles. The van der Waals surface area contributed by atoms with Crippen molar-refractivity contribution < 1.29 is 19.0 Å². The first-order valence-corrected chi connectivity index (χ1v) is 11.6. The number of halogens is 1. The topological polar surface area (TPSA) is 110 Å². The van der Waals surface area contributed by atoms with Crippen LogP contribution in [0.4, 0.5) is 34.5 Å². The first kappa shape index (κ1) is 25.1. The predicted molar refractivity (Wildman–Crippen MR) is 141 cm³/mol. The van der Waals surface area contributed by atoms with Crippen molar-refractivity contribution in [1.29, 1.82) is 0 Å². The SMILES string of the molecule is C=CC(=O)Nc1ccc(OC)c(Nc2ncc(Cl)c(Nc3ccc(N4CCOCC4)cc3OC)n2)c1. The Morgan fingerprint density at radius 3 is 2.58 bits per heavy atom. The van der Waals surface area contributed by atoms with Gasteiger partial charge in [-0.05, 0) is 36.4 Å². The molecule has 1 saturated heterocycles. The number of ether oxygens (including phenoxy) is 3. The second-order valence-corrected chi connectivity index (χ2v) is 8.14. The van der Waals surface area contributed by atoms with Crippen LogP contribution in [0.25, 0.3) is 0 Å². The Balaban J connectivity index is 1.56. The minimum atomic E-state index is -0.325. The second-order valence-electron chi connectivity index (χ2n) is 7.73. The van der Waals surface area contributed by atoms with Crippen molar-refractivity contribution in [1.82, 2.24) is 9.97 Å². The Morgan fingerprint density at radius 1 is 1.08 bits per heavy atom.